The van der Waals surface area contributed by atoms with Gasteiger partial charge in [0.2, 0.25) is 0 Å². The van der Waals surface area contributed by atoms with E-state index >= 15 is 0 Å². The van der Waals surface area contributed by atoms with Gasteiger partial charge in [0.05, 0.1) is 22.7 Å². The monoisotopic (exact) mass is 780 g/mol. The van der Waals surface area contributed by atoms with Crippen molar-refractivity contribution in [3.8, 4) is 33.8 Å². The van der Waals surface area contributed by atoms with Crippen LogP contribution in [0.2, 0.25) is 0 Å². The molecule has 10 rings (SSSR count). The van der Waals surface area contributed by atoms with Crippen LogP contribution in [-0.2, 0) is 10.8 Å². The zero-order valence-electron chi connectivity index (χ0n) is 34.8. The zero-order chi connectivity index (χ0) is 41.0. The molecule has 5 heteroatoms. The van der Waals surface area contributed by atoms with Gasteiger partial charge in [-0.25, -0.2) is 4.98 Å². The standard InChI is InChI=1S/C55H48N4O/c1-54(2,3)39-19-15-20-41(33-39)57-37-58(51-28-14-13-27-50(51)57)42-21-16-22-43(35-42)60-44-29-30-48-46-24-10-9-23-45(46)47-25-11-12-26-49(47)59(52(48)36-44)53-34-40(31-32-56-53)55(4,5)38-17-7-6-8-18-38/h6-36H,37H2,1-5H3. The number of pyridine rings is 1. The van der Waals surface area contributed by atoms with Gasteiger partial charge in [0.1, 0.15) is 24.0 Å². The van der Waals surface area contributed by atoms with Crippen molar-refractivity contribution in [2.24, 2.45) is 0 Å². The Morgan fingerprint density at radius 1 is 0.433 bits per heavy atom. The van der Waals surface area contributed by atoms with Gasteiger partial charge in [0, 0.05) is 46.2 Å². The molecule has 7 aromatic carbocycles. The van der Waals surface area contributed by atoms with Gasteiger partial charge in [0.15, 0.2) is 0 Å². The molecule has 0 radical (unpaired) electrons. The summed E-state index contributed by atoms with van der Waals surface area (Å²) in [5.74, 6) is 2.36. The summed E-state index contributed by atoms with van der Waals surface area (Å²) in [4.78, 5) is 12.2. The van der Waals surface area contributed by atoms with Crippen molar-refractivity contribution in [1.29, 1.82) is 0 Å². The number of hydrogen-bond donors (Lipinski definition) is 0. The molecular formula is C55H48N4O. The predicted molar refractivity (Wildman–Crippen MR) is 249 cm³/mol. The number of para-hydroxylation sites is 3. The lowest BCUT2D eigenvalue weighted by atomic mass is 9.78. The lowest BCUT2D eigenvalue weighted by molar-refractivity contribution is 0.483. The summed E-state index contributed by atoms with van der Waals surface area (Å²) in [6.45, 7) is 12.1. The fourth-order valence-corrected chi connectivity index (χ4v) is 8.81. The van der Waals surface area contributed by atoms with Crippen molar-refractivity contribution < 1.29 is 4.74 Å². The molecular weight excluding hydrogens is 733 g/mol. The highest BCUT2D eigenvalue weighted by Gasteiger charge is 2.31. The lowest BCUT2D eigenvalue weighted by Gasteiger charge is -2.30. The Hall–Kier alpha value is -7.11. The van der Waals surface area contributed by atoms with Crippen LogP contribution in [0.1, 0.15) is 51.3 Å². The van der Waals surface area contributed by atoms with Crippen molar-refractivity contribution in [1.82, 2.24) is 4.98 Å². The van der Waals surface area contributed by atoms with Gasteiger partial charge >= 0.3 is 0 Å². The van der Waals surface area contributed by atoms with Crippen LogP contribution < -0.4 is 19.4 Å². The number of benzene rings is 7. The van der Waals surface area contributed by atoms with Crippen LogP contribution in [-0.4, -0.2) is 11.7 Å². The smallest absolute Gasteiger partial charge is 0.137 e. The molecule has 3 heterocycles. The third kappa shape index (κ3) is 6.57. The quantitative estimate of drug-likeness (QED) is 0.161. The summed E-state index contributed by atoms with van der Waals surface area (Å²) in [5, 5.41) is 0. The number of fused-ring (bicyclic) bond motifs is 6. The fraction of sp³-hybridized carbons (Fsp3) is 0.145. The molecule has 0 saturated carbocycles. The molecule has 0 N–H and O–H groups in total. The minimum absolute atomic E-state index is 0.0556. The number of hydrogen-bond acceptors (Lipinski definition) is 5. The van der Waals surface area contributed by atoms with E-state index in [1.165, 1.54) is 44.9 Å². The largest absolute Gasteiger partial charge is 0.457 e. The average molecular weight is 781 g/mol. The van der Waals surface area contributed by atoms with Crippen LogP contribution in [0.15, 0.2) is 188 Å². The SMILES string of the molecule is CC(C)(C)c1cccc(N2CN(c3cccc(Oc4ccc5c(c4)N(c4cc(C(C)(C)c6ccccc6)ccn4)c4ccccc4-c4ccccc4-5)c3)c3ccccc32)c1. The molecule has 0 aliphatic carbocycles. The summed E-state index contributed by atoms with van der Waals surface area (Å²) in [5.41, 5.74) is 14.9. The number of aromatic nitrogens is 1. The molecule has 2 aliphatic rings. The Morgan fingerprint density at radius 2 is 1.00 bits per heavy atom. The van der Waals surface area contributed by atoms with Gasteiger partial charge < -0.3 is 14.5 Å². The number of ether oxygens (including phenoxy) is 1. The van der Waals surface area contributed by atoms with E-state index in [-0.39, 0.29) is 10.8 Å². The second kappa shape index (κ2) is 14.6. The summed E-state index contributed by atoms with van der Waals surface area (Å²) >= 11 is 0. The summed E-state index contributed by atoms with van der Waals surface area (Å²) in [6, 6.07) is 64.9. The molecule has 60 heavy (non-hydrogen) atoms. The van der Waals surface area contributed by atoms with E-state index in [0.29, 0.717) is 6.67 Å². The summed E-state index contributed by atoms with van der Waals surface area (Å²) in [6.07, 6.45) is 1.94. The molecule has 0 saturated heterocycles. The molecule has 0 fully saturated rings. The minimum atomic E-state index is -0.241. The van der Waals surface area contributed by atoms with Crippen molar-refractivity contribution in [3.05, 3.63) is 205 Å². The molecule has 0 bridgehead atoms. The van der Waals surface area contributed by atoms with Crippen LogP contribution in [0.3, 0.4) is 0 Å². The van der Waals surface area contributed by atoms with Crippen LogP contribution in [0.4, 0.5) is 39.9 Å². The van der Waals surface area contributed by atoms with Gasteiger partial charge in [0.25, 0.3) is 0 Å². The minimum Gasteiger partial charge on any atom is -0.457 e. The maximum Gasteiger partial charge on any atom is 0.137 e. The van der Waals surface area contributed by atoms with E-state index in [4.69, 9.17) is 9.72 Å². The summed E-state index contributed by atoms with van der Waals surface area (Å²) < 4.78 is 6.85. The third-order valence-corrected chi connectivity index (χ3v) is 12.2. The molecule has 0 amide bonds. The first kappa shape index (κ1) is 37.2. The first-order valence-electron chi connectivity index (χ1n) is 20.8. The van der Waals surface area contributed by atoms with Gasteiger partial charge in [-0.1, -0.05) is 138 Å². The van der Waals surface area contributed by atoms with E-state index < -0.39 is 0 Å². The maximum atomic E-state index is 6.85. The van der Waals surface area contributed by atoms with Crippen molar-refractivity contribution in [2.75, 3.05) is 21.4 Å². The Balaban J connectivity index is 1.04. The van der Waals surface area contributed by atoms with Crippen LogP contribution in [0, 0.1) is 0 Å². The zero-order valence-corrected chi connectivity index (χ0v) is 34.8. The van der Waals surface area contributed by atoms with Crippen LogP contribution >= 0.6 is 0 Å². The van der Waals surface area contributed by atoms with Gasteiger partial charge in [-0.3, -0.25) is 4.90 Å². The highest BCUT2D eigenvalue weighted by molar-refractivity contribution is 6.02. The second-order valence-corrected chi connectivity index (χ2v) is 17.4. The van der Waals surface area contributed by atoms with Gasteiger partial charge in [-0.05, 0) is 100.0 Å². The van der Waals surface area contributed by atoms with E-state index in [1.54, 1.807) is 0 Å². The van der Waals surface area contributed by atoms with Gasteiger partial charge in [-0.2, -0.15) is 0 Å². The predicted octanol–water partition coefficient (Wildman–Crippen LogP) is 14.9. The molecule has 2 aliphatic heterocycles. The van der Waals surface area contributed by atoms with Crippen LogP contribution in [0.5, 0.6) is 11.5 Å². The van der Waals surface area contributed by atoms with E-state index in [0.717, 1.165) is 45.5 Å². The molecule has 1 aromatic heterocycles. The summed E-state index contributed by atoms with van der Waals surface area (Å²) in [7, 11) is 0. The fourth-order valence-electron chi connectivity index (χ4n) is 8.81. The Bertz CT molecular complexity index is 2870. The first-order valence-corrected chi connectivity index (χ1v) is 20.8. The molecule has 8 aromatic rings. The molecule has 0 spiro atoms. The number of anilines is 7. The molecule has 294 valence electrons. The lowest BCUT2D eigenvalue weighted by Crippen LogP contribution is -2.24. The highest BCUT2D eigenvalue weighted by atomic mass is 16.5. The highest BCUT2D eigenvalue weighted by Crippen LogP contribution is 2.52. The maximum absolute atomic E-state index is 6.85. The van der Waals surface area contributed by atoms with Crippen LogP contribution in [0.25, 0.3) is 22.3 Å². The Kier molecular flexibility index (Phi) is 9.06. The average Bonchev–Trinajstić information content (AvgIpc) is 3.62. The first-order chi connectivity index (χ1) is 29.1. The molecule has 5 nitrogen and oxygen atoms in total. The topological polar surface area (TPSA) is 31.8 Å². The van der Waals surface area contributed by atoms with Crippen molar-refractivity contribution >= 4 is 39.9 Å². The Labute approximate surface area is 353 Å². The van der Waals surface area contributed by atoms with Gasteiger partial charge in [-0.15, -0.1) is 0 Å². The number of rotatable bonds is 7. The number of nitrogens with zero attached hydrogens (tertiary/aromatic N) is 4. The van der Waals surface area contributed by atoms with Crippen molar-refractivity contribution in [2.45, 2.75) is 45.4 Å². The third-order valence-electron chi connectivity index (χ3n) is 12.2. The van der Waals surface area contributed by atoms with E-state index in [9.17, 15) is 0 Å². The van der Waals surface area contributed by atoms with E-state index in [2.05, 4.69) is 225 Å². The second-order valence-electron chi connectivity index (χ2n) is 17.4. The van der Waals surface area contributed by atoms with Crippen molar-refractivity contribution in [3.63, 3.8) is 0 Å². The molecule has 0 atom stereocenters. The molecule has 0 unspecified atom stereocenters. The Morgan fingerprint density at radius 3 is 1.70 bits per heavy atom. The van der Waals surface area contributed by atoms with E-state index in [1.807, 2.05) is 12.3 Å². The normalized spacial score (nSPS) is 13.2.